The fourth-order valence-electron chi connectivity index (χ4n) is 4.42. The highest BCUT2D eigenvalue weighted by Gasteiger charge is 2.34. The molecule has 6 nitrogen and oxygen atoms in total. The van der Waals surface area contributed by atoms with E-state index < -0.39 is 0 Å². The van der Waals surface area contributed by atoms with E-state index >= 15 is 0 Å². The van der Waals surface area contributed by atoms with Crippen molar-refractivity contribution in [3.05, 3.63) is 41.0 Å². The van der Waals surface area contributed by atoms with Gasteiger partial charge >= 0.3 is 0 Å². The van der Waals surface area contributed by atoms with Crippen LogP contribution < -0.4 is 4.90 Å². The predicted molar refractivity (Wildman–Crippen MR) is 119 cm³/mol. The molecule has 0 aromatic heterocycles. The number of anilines is 1. The van der Waals surface area contributed by atoms with Crippen LogP contribution in [-0.4, -0.2) is 31.3 Å². The van der Waals surface area contributed by atoms with Crippen molar-refractivity contribution >= 4 is 17.5 Å². The van der Waals surface area contributed by atoms with Crippen LogP contribution >= 0.6 is 0 Å². The van der Waals surface area contributed by atoms with Crippen LogP contribution in [0.1, 0.15) is 59.4 Å². The molecule has 3 unspecified atom stereocenters. The molecular weight excluding hydrogens is 394 g/mol. The molecule has 1 aromatic rings. The summed E-state index contributed by atoms with van der Waals surface area (Å²) < 4.78 is 5.57. The Morgan fingerprint density at radius 3 is 2.29 bits per heavy atom. The zero-order chi connectivity index (χ0) is 22.5. The second-order valence-corrected chi connectivity index (χ2v) is 9.22. The molecule has 0 bridgehead atoms. The predicted octanol–water partition coefficient (Wildman–Crippen LogP) is 4.82. The zero-order valence-corrected chi connectivity index (χ0v) is 19.3. The van der Waals surface area contributed by atoms with E-state index in [1.807, 2.05) is 12.1 Å². The number of hydrogen-bond donors (Lipinski definition) is 0. The van der Waals surface area contributed by atoms with Crippen molar-refractivity contribution in [3.63, 3.8) is 0 Å². The monoisotopic (exact) mass is 429 g/mol. The van der Waals surface area contributed by atoms with Crippen LogP contribution in [0.4, 0.5) is 5.69 Å². The molecule has 1 saturated carbocycles. The van der Waals surface area contributed by atoms with Crippen LogP contribution in [-0.2, 0) is 30.5 Å². The van der Waals surface area contributed by atoms with Crippen molar-refractivity contribution in [2.75, 3.05) is 18.3 Å². The summed E-state index contributed by atoms with van der Waals surface area (Å²) in [5, 5.41) is 0. The molecule has 0 saturated heterocycles. The Balaban J connectivity index is 1.39. The Hall–Kier alpha value is -2.02. The van der Waals surface area contributed by atoms with Gasteiger partial charge in [0.25, 0.3) is 11.8 Å². The number of nitrogens with zero attached hydrogens (tertiary/aromatic N) is 1. The maximum absolute atomic E-state index is 12.3. The van der Waals surface area contributed by atoms with Gasteiger partial charge in [-0.25, -0.2) is 14.7 Å². The van der Waals surface area contributed by atoms with E-state index in [2.05, 4.69) is 20.8 Å². The van der Waals surface area contributed by atoms with Crippen LogP contribution in [0.5, 0.6) is 0 Å². The Labute approximate surface area is 185 Å². The number of benzene rings is 1. The lowest BCUT2D eigenvalue weighted by molar-refractivity contribution is -0.374. The van der Waals surface area contributed by atoms with Gasteiger partial charge in [-0.2, -0.15) is 0 Å². The normalized spacial score (nSPS) is 24.6. The van der Waals surface area contributed by atoms with E-state index in [0.717, 1.165) is 12.0 Å². The Bertz CT molecular complexity index is 790. The minimum atomic E-state index is -0.247. The molecule has 1 aliphatic carbocycles. The van der Waals surface area contributed by atoms with Crippen molar-refractivity contribution in [1.82, 2.24) is 0 Å². The van der Waals surface area contributed by atoms with Gasteiger partial charge in [-0.1, -0.05) is 39.3 Å². The average Bonchev–Trinajstić information content (AvgIpc) is 2.93. The van der Waals surface area contributed by atoms with Crippen molar-refractivity contribution in [2.45, 2.75) is 66.4 Å². The van der Waals surface area contributed by atoms with Gasteiger partial charge in [-0.05, 0) is 68.6 Å². The summed E-state index contributed by atoms with van der Waals surface area (Å²) in [5.74, 6) is 1.29. The maximum Gasteiger partial charge on any atom is 0.261 e. The lowest BCUT2D eigenvalue weighted by Crippen LogP contribution is -2.34. The summed E-state index contributed by atoms with van der Waals surface area (Å²) in [4.78, 5) is 36.8. The molecular formula is C25H35NO5. The number of carbonyl (C=O) groups excluding carboxylic acids is 2. The van der Waals surface area contributed by atoms with Crippen LogP contribution in [0.3, 0.4) is 0 Å². The van der Waals surface area contributed by atoms with E-state index in [0.29, 0.717) is 47.6 Å². The third kappa shape index (κ3) is 5.62. The first-order chi connectivity index (χ1) is 14.8. The molecule has 2 amide bonds. The Kier molecular flexibility index (Phi) is 8.03. The van der Waals surface area contributed by atoms with Crippen molar-refractivity contribution in [2.24, 2.45) is 17.8 Å². The molecule has 3 rings (SSSR count). The minimum Gasteiger partial charge on any atom is -0.352 e. The molecule has 3 atom stereocenters. The summed E-state index contributed by atoms with van der Waals surface area (Å²) in [6.07, 6.45) is 4.32. The van der Waals surface area contributed by atoms with Crippen LogP contribution in [0.25, 0.3) is 0 Å². The number of carbonyl (C=O) groups is 2. The highest BCUT2D eigenvalue weighted by molar-refractivity contribution is 6.32. The third-order valence-corrected chi connectivity index (χ3v) is 6.62. The summed E-state index contributed by atoms with van der Waals surface area (Å²) >= 11 is 0. The van der Waals surface area contributed by atoms with Gasteiger partial charge in [0.15, 0.2) is 6.79 Å². The van der Waals surface area contributed by atoms with E-state index in [1.54, 1.807) is 26.0 Å². The first-order valence-corrected chi connectivity index (χ1v) is 11.3. The number of amides is 2. The zero-order valence-electron chi connectivity index (χ0n) is 19.3. The number of rotatable bonds is 9. The molecule has 1 fully saturated rings. The SMILES string of the molecule is CC1=C(C)C(=O)N(c2ccc(CCOCOOC3CC(C)CCC3C(C)C)cc2)C1=O. The average molecular weight is 430 g/mol. The Morgan fingerprint density at radius 1 is 1.03 bits per heavy atom. The van der Waals surface area contributed by atoms with E-state index in [9.17, 15) is 9.59 Å². The first-order valence-electron chi connectivity index (χ1n) is 11.3. The standard InChI is InChI=1S/C25H35NO5/c1-16(2)22-11-6-17(3)14-23(22)31-30-15-29-13-12-20-7-9-21(10-8-20)26-24(27)18(4)19(5)25(26)28/h7-10,16-17,22-23H,6,11-15H2,1-5H3. The van der Waals surface area contributed by atoms with Gasteiger partial charge in [0.2, 0.25) is 0 Å². The number of ether oxygens (including phenoxy) is 1. The van der Waals surface area contributed by atoms with Crippen molar-refractivity contribution in [1.29, 1.82) is 0 Å². The maximum atomic E-state index is 12.3. The fraction of sp³-hybridized carbons (Fsp3) is 0.600. The topological polar surface area (TPSA) is 65.1 Å². The van der Waals surface area contributed by atoms with Gasteiger partial charge in [-0.15, -0.1) is 0 Å². The summed E-state index contributed by atoms with van der Waals surface area (Å²) in [6, 6.07) is 7.42. The quantitative estimate of drug-likeness (QED) is 0.185. The second-order valence-electron chi connectivity index (χ2n) is 9.22. The first kappa shape index (κ1) is 23.6. The molecule has 1 aromatic carbocycles. The van der Waals surface area contributed by atoms with E-state index in [1.165, 1.54) is 17.7 Å². The summed E-state index contributed by atoms with van der Waals surface area (Å²) in [5.41, 5.74) is 2.67. The smallest absolute Gasteiger partial charge is 0.261 e. The number of imide groups is 1. The van der Waals surface area contributed by atoms with Crippen LogP contribution in [0.15, 0.2) is 35.4 Å². The van der Waals surface area contributed by atoms with E-state index in [4.69, 9.17) is 14.5 Å². The lowest BCUT2D eigenvalue weighted by atomic mass is 9.75. The molecule has 0 spiro atoms. The summed E-state index contributed by atoms with van der Waals surface area (Å²) in [7, 11) is 0. The summed E-state index contributed by atoms with van der Waals surface area (Å²) in [6.45, 7) is 10.7. The molecule has 0 N–H and O–H groups in total. The highest BCUT2D eigenvalue weighted by Crippen LogP contribution is 2.35. The largest absolute Gasteiger partial charge is 0.352 e. The number of hydrogen-bond acceptors (Lipinski definition) is 5. The second kappa shape index (κ2) is 10.5. The van der Waals surface area contributed by atoms with E-state index in [-0.39, 0.29) is 24.7 Å². The van der Waals surface area contributed by atoms with Crippen LogP contribution in [0.2, 0.25) is 0 Å². The Morgan fingerprint density at radius 2 is 1.68 bits per heavy atom. The van der Waals surface area contributed by atoms with Crippen molar-refractivity contribution < 1.29 is 24.1 Å². The van der Waals surface area contributed by atoms with Gasteiger partial charge in [0, 0.05) is 11.1 Å². The van der Waals surface area contributed by atoms with Crippen molar-refractivity contribution in [3.8, 4) is 0 Å². The van der Waals surface area contributed by atoms with Gasteiger partial charge < -0.3 is 4.74 Å². The minimum absolute atomic E-state index is 0.106. The molecule has 1 heterocycles. The third-order valence-electron chi connectivity index (χ3n) is 6.62. The van der Waals surface area contributed by atoms with Gasteiger partial charge in [-0.3, -0.25) is 9.59 Å². The molecule has 6 heteroatoms. The fourth-order valence-corrected chi connectivity index (χ4v) is 4.42. The molecule has 2 aliphatic rings. The van der Waals surface area contributed by atoms with Gasteiger partial charge in [0.1, 0.15) is 0 Å². The lowest BCUT2D eigenvalue weighted by Gasteiger charge is -2.35. The molecule has 31 heavy (non-hydrogen) atoms. The molecule has 170 valence electrons. The molecule has 1 aliphatic heterocycles. The van der Waals surface area contributed by atoms with Crippen LogP contribution in [0, 0.1) is 17.8 Å². The highest BCUT2D eigenvalue weighted by atomic mass is 17.2. The van der Waals surface area contributed by atoms with Gasteiger partial charge in [0.05, 0.1) is 18.4 Å². The molecule has 0 radical (unpaired) electrons.